The Morgan fingerprint density at radius 3 is 2.18 bits per heavy atom. The highest BCUT2D eigenvalue weighted by atomic mass is 32.2. The Labute approximate surface area is 433 Å². The Kier molecular flexibility index (Phi) is 16.0. The third kappa shape index (κ3) is 11.4. The predicted octanol–water partition coefficient (Wildman–Crippen LogP) is 0.896. The molecule has 3 saturated carbocycles. The minimum atomic E-state index is -3.35. The number of thioether (sulfide) groups is 1. The minimum Gasteiger partial charge on any atom is -0.368 e. The first-order chi connectivity index (χ1) is 35.1. The number of carbonyl (C=O) groups excluding carboxylic acids is 8. The molecule has 5 N–H and O–H groups in total. The topological polar surface area (TPSA) is 253 Å². The van der Waals surface area contributed by atoms with Gasteiger partial charge in [-0.2, -0.15) is 0 Å². The van der Waals surface area contributed by atoms with E-state index in [0.717, 1.165) is 101 Å². The number of hydrogen-bond acceptors (Lipinski definition) is 14. The van der Waals surface area contributed by atoms with E-state index in [1.807, 2.05) is 4.90 Å². The van der Waals surface area contributed by atoms with Gasteiger partial charge in [-0.1, -0.05) is 19.3 Å². The highest BCUT2D eigenvalue weighted by Crippen LogP contribution is 2.54. The van der Waals surface area contributed by atoms with Gasteiger partial charge < -0.3 is 30.5 Å². The summed E-state index contributed by atoms with van der Waals surface area (Å²) in [6.45, 7) is 3.92. The lowest BCUT2D eigenvalue weighted by Gasteiger charge is -2.44. The van der Waals surface area contributed by atoms with E-state index < -0.39 is 57.6 Å². The molecule has 0 aromatic heterocycles. The molecule has 8 amide bonds. The molecule has 0 aromatic carbocycles. The van der Waals surface area contributed by atoms with E-state index in [9.17, 15) is 46.8 Å². The fourth-order valence-corrected chi connectivity index (χ4v) is 16.9. The zero-order valence-corrected chi connectivity index (χ0v) is 44.0. The van der Waals surface area contributed by atoms with Crippen LogP contribution in [-0.2, 0) is 53.1 Å². The van der Waals surface area contributed by atoms with Crippen LogP contribution in [0.5, 0.6) is 0 Å². The number of imide groups is 2. The quantitative estimate of drug-likeness (QED) is 0.152. The molecule has 0 aromatic rings. The number of rotatable bonds is 14. The van der Waals surface area contributed by atoms with E-state index in [4.69, 9.17) is 4.74 Å². The molecular weight excluding hydrogens is 979 g/mol. The van der Waals surface area contributed by atoms with Gasteiger partial charge in [-0.25, -0.2) is 12.7 Å². The molecule has 22 heteroatoms. The summed E-state index contributed by atoms with van der Waals surface area (Å²) in [5.74, 6) is -0.380. The zero-order chi connectivity index (χ0) is 51.2. The van der Waals surface area contributed by atoms with Gasteiger partial charge in [0.05, 0.1) is 42.1 Å². The van der Waals surface area contributed by atoms with Gasteiger partial charge in [0.25, 0.3) is 0 Å². The molecule has 11 atom stereocenters. The maximum Gasteiger partial charge on any atom is 0.249 e. The molecule has 20 nitrogen and oxygen atoms in total. The molecule has 73 heavy (non-hydrogen) atoms. The van der Waals surface area contributed by atoms with Crippen LogP contribution in [0.3, 0.4) is 0 Å². The van der Waals surface area contributed by atoms with E-state index in [2.05, 4.69) is 31.5 Å². The number of nitrogens with one attached hydrogen (secondary N) is 5. The molecule has 7 heterocycles. The summed E-state index contributed by atoms with van der Waals surface area (Å²) in [6, 6.07) is -0.504. The lowest BCUT2D eigenvalue weighted by atomic mass is 9.68. The average molecular weight is 1060 g/mol. The van der Waals surface area contributed by atoms with Crippen molar-refractivity contribution in [2.45, 2.75) is 145 Å². The molecule has 11 unspecified atom stereocenters. The molecule has 10 rings (SSSR count). The van der Waals surface area contributed by atoms with Gasteiger partial charge in [0, 0.05) is 63.5 Å². The number of sulfonamides is 1. The first-order valence-corrected chi connectivity index (χ1v) is 30.5. The number of likely N-dealkylation sites (tertiary alicyclic amines) is 3. The summed E-state index contributed by atoms with van der Waals surface area (Å²) in [7, 11) is -3.35. The Bertz CT molecular complexity index is 2270. The summed E-state index contributed by atoms with van der Waals surface area (Å²) in [6.07, 6.45) is 15.4. The largest absolute Gasteiger partial charge is 0.368 e. The second-order valence-electron chi connectivity index (χ2n) is 23.3. The SMILES string of the molecule is CS(=O)(=O)N1CCC(C(=O)NCC(=O)NC2NC(C3CCCC(C4CCNC(C5(C(=O)N6CCC(C7CCN(C(=O)COC8CCCC9C(=O)N(C%10CCC(=O)NC%10=O)C(=O)C89)CC7)CC6)CC5)C4)C3)CS2)C1. The van der Waals surface area contributed by atoms with Gasteiger partial charge in [-0.15, -0.1) is 11.8 Å². The van der Waals surface area contributed by atoms with E-state index in [1.165, 1.54) is 17.1 Å². The van der Waals surface area contributed by atoms with E-state index in [-0.39, 0.29) is 73.1 Å². The van der Waals surface area contributed by atoms with Gasteiger partial charge in [0.2, 0.25) is 57.3 Å². The molecule has 0 spiro atoms. The maximum absolute atomic E-state index is 14.4. The van der Waals surface area contributed by atoms with Crippen molar-refractivity contribution in [2.75, 3.05) is 71.0 Å². The van der Waals surface area contributed by atoms with Crippen molar-refractivity contribution in [1.29, 1.82) is 0 Å². The fraction of sp³-hybridized carbons (Fsp3) is 0.843. The Morgan fingerprint density at radius 2 is 1.48 bits per heavy atom. The minimum absolute atomic E-state index is 0.0690. The normalized spacial score (nSPS) is 35.7. The Hall–Kier alpha value is -3.70. The van der Waals surface area contributed by atoms with Crippen LogP contribution in [0.1, 0.15) is 116 Å². The van der Waals surface area contributed by atoms with Crippen molar-refractivity contribution in [3.05, 3.63) is 0 Å². The lowest BCUT2D eigenvalue weighted by molar-refractivity contribution is -0.153. The van der Waals surface area contributed by atoms with E-state index in [0.29, 0.717) is 86.9 Å². The lowest BCUT2D eigenvalue weighted by Crippen LogP contribution is -2.54. The van der Waals surface area contributed by atoms with Crippen molar-refractivity contribution < 1.29 is 51.5 Å². The van der Waals surface area contributed by atoms with Crippen molar-refractivity contribution in [1.82, 2.24) is 45.6 Å². The van der Waals surface area contributed by atoms with Crippen LogP contribution in [0.4, 0.5) is 0 Å². The predicted molar refractivity (Wildman–Crippen MR) is 268 cm³/mol. The number of piperidine rings is 4. The second-order valence-corrected chi connectivity index (χ2v) is 26.4. The number of hydrogen-bond donors (Lipinski definition) is 5. The molecular formula is C51H77N9O11S2. The number of fused-ring (bicyclic) bond motifs is 1. The zero-order valence-electron chi connectivity index (χ0n) is 42.4. The van der Waals surface area contributed by atoms with Crippen molar-refractivity contribution >= 4 is 69.0 Å². The molecule has 10 aliphatic rings. The number of carbonyl (C=O) groups is 8. The number of amides is 8. The summed E-state index contributed by atoms with van der Waals surface area (Å²) in [5, 5.41) is 15.5. The standard InChI is InChI=1S/C51H77N9O11S2/c1-73(69,70)59-23-15-35(27-59)45(64)53-26-42(62)56-50-54-37(29-72-50)34-5-2-4-32(24-34)33-10-18-52-40(25-33)51(16-17-51)49(68)58-21-13-31(14-22-58)30-11-19-57(20-12-30)43(63)28-71-39-7-3-6-36-44(39)48(67)60(47(36)66)38-8-9-41(61)55-46(38)65/h30-40,44,50,52,54H,2-29H2,1H3,(H,53,64)(H,56,62)(H,55,61,65). The van der Waals surface area contributed by atoms with E-state index in [1.54, 1.807) is 11.8 Å². The van der Waals surface area contributed by atoms with Gasteiger partial charge in [0.1, 0.15) is 18.1 Å². The fourth-order valence-electron chi connectivity index (χ4n) is 14.7. The third-order valence-corrected chi connectivity index (χ3v) is 21.5. The first-order valence-electron chi connectivity index (χ1n) is 27.6. The third-order valence-electron chi connectivity index (χ3n) is 19.1. The average Bonchev–Trinajstić information content (AvgIpc) is 3.66. The van der Waals surface area contributed by atoms with Crippen LogP contribution in [0, 0.1) is 52.8 Å². The smallest absolute Gasteiger partial charge is 0.249 e. The number of ether oxygens (including phenoxy) is 1. The molecule has 7 aliphatic heterocycles. The number of nitrogens with zero attached hydrogens (tertiary/aromatic N) is 4. The van der Waals surface area contributed by atoms with Crippen LogP contribution in [0.15, 0.2) is 0 Å². The van der Waals surface area contributed by atoms with Gasteiger partial charge in [-0.3, -0.25) is 53.9 Å². The van der Waals surface area contributed by atoms with Gasteiger partial charge >= 0.3 is 0 Å². The molecule has 404 valence electrons. The van der Waals surface area contributed by atoms with Crippen LogP contribution in [0.2, 0.25) is 0 Å². The van der Waals surface area contributed by atoms with Gasteiger partial charge in [0.15, 0.2) is 0 Å². The summed E-state index contributed by atoms with van der Waals surface area (Å²) in [4.78, 5) is 110. The first kappa shape index (κ1) is 52.7. The van der Waals surface area contributed by atoms with Gasteiger partial charge in [-0.05, 0) is 126 Å². The molecule has 3 aliphatic carbocycles. The summed E-state index contributed by atoms with van der Waals surface area (Å²) < 4.78 is 31.1. The second kappa shape index (κ2) is 22.1. The maximum atomic E-state index is 14.4. The summed E-state index contributed by atoms with van der Waals surface area (Å²) in [5.41, 5.74) is -0.531. The van der Waals surface area contributed by atoms with Crippen LogP contribution in [0.25, 0.3) is 0 Å². The van der Waals surface area contributed by atoms with Crippen LogP contribution >= 0.6 is 11.8 Å². The molecule has 0 radical (unpaired) electrons. The van der Waals surface area contributed by atoms with Crippen LogP contribution in [-0.4, -0.2) is 175 Å². The summed E-state index contributed by atoms with van der Waals surface area (Å²) >= 11 is 1.69. The molecule has 7 saturated heterocycles. The Morgan fingerprint density at radius 1 is 0.781 bits per heavy atom. The highest BCUT2D eigenvalue weighted by molar-refractivity contribution is 8.00. The van der Waals surface area contributed by atoms with Crippen molar-refractivity contribution in [2.24, 2.45) is 52.8 Å². The van der Waals surface area contributed by atoms with Crippen LogP contribution < -0.4 is 26.6 Å². The van der Waals surface area contributed by atoms with E-state index >= 15 is 0 Å². The highest BCUT2D eigenvalue weighted by Gasteiger charge is 2.59. The molecule has 0 bridgehead atoms. The Balaban J connectivity index is 0.629. The van der Waals surface area contributed by atoms with Crippen molar-refractivity contribution in [3.63, 3.8) is 0 Å². The van der Waals surface area contributed by atoms with Crippen molar-refractivity contribution in [3.8, 4) is 0 Å². The monoisotopic (exact) mass is 1060 g/mol. The molecule has 10 fully saturated rings.